The first-order chi connectivity index (χ1) is 10.1. The van der Waals surface area contributed by atoms with E-state index in [1.165, 1.54) is 39.8 Å². The van der Waals surface area contributed by atoms with Gasteiger partial charge < -0.3 is 0 Å². The van der Waals surface area contributed by atoms with Crippen LogP contribution in [0, 0.1) is 19.8 Å². The molecule has 1 unspecified atom stereocenters. The van der Waals surface area contributed by atoms with Crippen LogP contribution in [0.2, 0.25) is 0 Å². The second-order valence-electron chi connectivity index (χ2n) is 6.33. The van der Waals surface area contributed by atoms with E-state index in [0.717, 1.165) is 6.42 Å². The third kappa shape index (κ3) is 2.44. The number of hydrogen-bond acceptors (Lipinski definition) is 0. The molecular weight excluding hydrogens is 252 g/mol. The van der Waals surface area contributed by atoms with Gasteiger partial charge in [0.15, 0.2) is 0 Å². The zero-order valence-corrected chi connectivity index (χ0v) is 13.5. The van der Waals surface area contributed by atoms with Crippen LogP contribution in [0.4, 0.5) is 0 Å². The highest BCUT2D eigenvalue weighted by Crippen LogP contribution is 2.38. The Hall–Kier alpha value is -1.82. The van der Waals surface area contributed by atoms with Gasteiger partial charge in [-0.3, -0.25) is 0 Å². The Balaban J connectivity index is 2.13. The highest BCUT2D eigenvalue weighted by molar-refractivity contribution is 5.82. The first kappa shape index (κ1) is 14.1. The SMILES string of the molecule is CCC(C)C1=Cc2c(cccc2-c2cccc(C)c2C)C1. The molecule has 0 spiro atoms. The fraction of sp³-hybridized carbons (Fsp3) is 0.333. The van der Waals surface area contributed by atoms with Gasteiger partial charge in [0.1, 0.15) is 0 Å². The maximum atomic E-state index is 2.45. The van der Waals surface area contributed by atoms with Crippen molar-refractivity contribution >= 4 is 6.08 Å². The van der Waals surface area contributed by atoms with Gasteiger partial charge in [0, 0.05) is 0 Å². The van der Waals surface area contributed by atoms with Gasteiger partial charge in [-0.25, -0.2) is 0 Å². The zero-order valence-electron chi connectivity index (χ0n) is 13.5. The Morgan fingerprint density at radius 3 is 2.48 bits per heavy atom. The molecular formula is C21H24. The maximum Gasteiger partial charge on any atom is -0.00549 e. The fourth-order valence-electron chi connectivity index (χ4n) is 3.25. The Morgan fingerprint density at radius 1 is 1.00 bits per heavy atom. The predicted octanol–water partition coefficient (Wildman–Crippen LogP) is 5.96. The van der Waals surface area contributed by atoms with E-state index < -0.39 is 0 Å². The summed E-state index contributed by atoms with van der Waals surface area (Å²) in [5.74, 6) is 0.684. The van der Waals surface area contributed by atoms with E-state index >= 15 is 0 Å². The molecule has 1 aliphatic carbocycles. The molecule has 1 atom stereocenters. The van der Waals surface area contributed by atoms with Gasteiger partial charge in [0.2, 0.25) is 0 Å². The first-order valence-corrected chi connectivity index (χ1v) is 8.00. The largest absolute Gasteiger partial charge is 0.0648 e. The van der Waals surface area contributed by atoms with Crippen LogP contribution < -0.4 is 0 Å². The smallest absolute Gasteiger partial charge is 0.00549 e. The van der Waals surface area contributed by atoms with Gasteiger partial charge >= 0.3 is 0 Å². The van der Waals surface area contributed by atoms with Crippen molar-refractivity contribution in [2.45, 2.75) is 40.5 Å². The molecule has 108 valence electrons. The summed E-state index contributed by atoms with van der Waals surface area (Å²) in [6.07, 6.45) is 4.79. The number of aryl methyl sites for hydroxylation is 1. The average molecular weight is 276 g/mol. The molecule has 0 fully saturated rings. The summed E-state index contributed by atoms with van der Waals surface area (Å²) in [7, 11) is 0. The number of benzene rings is 2. The molecule has 3 rings (SSSR count). The number of rotatable bonds is 3. The predicted molar refractivity (Wildman–Crippen MR) is 92.5 cm³/mol. The van der Waals surface area contributed by atoms with Gasteiger partial charge in [0.05, 0.1) is 0 Å². The van der Waals surface area contributed by atoms with Crippen molar-refractivity contribution in [3.8, 4) is 11.1 Å². The van der Waals surface area contributed by atoms with Crippen molar-refractivity contribution < 1.29 is 0 Å². The normalized spacial score (nSPS) is 14.8. The van der Waals surface area contributed by atoms with E-state index in [4.69, 9.17) is 0 Å². The van der Waals surface area contributed by atoms with E-state index in [2.05, 4.69) is 70.2 Å². The quantitative estimate of drug-likeness (QED) is 0.649. The first-order valence-electron chi connectivity index (χ1n) is 8.00. The third-order valence-corrected chi connectivity index (χ3v) is 5.06. The Bertz CT molecular complexity index is 704. The third-order valence-electron chi connectivity index (χ3n) is 5.06. The van der Waals surface area contributed by atoms with E-state index in [9.17, 15) is 0 Å². The summed E-state index contributed by atoms with van der Waals surface area (Å²) < 4.78 is 0. The minimum atomic E-state index is 0.684. The van der Waals surface area contributed by atoms with Gasteiger partial charge in [-0.05, 0) is 66.0 Å². The number of allylic oxidation sites excluding steroid dienone is 1. The molecule has 0 heteroatoms. The molecule has 0 saturated heterocycles. The summed E-state index contributed by atoms with van der Waals surface area (Å²) >= 11 is 0. The van der Waals surface area contributed by atoms with Crippen molar-refractivity contribution in [2.75, 3.05) is 0 Å². The standard InChI is InChI=1S/C21H24/c1-5-14(2)18-12-17-9-7-11-20(21(17)13-18)19-10-6-8-15(3)16(19)4/h6-11,13-14H,5,12H2,1-4H3. The molecule has 0 radical (unpaired) electrons. The molecule has 2 aromatic rings. The molecule has 0 aliphatic heterocycles. The summed E-state index contributed by atoms with van der Waals surface area (Å²) in [5, 5.41) is 0. The lowest BCUT2D eigenvalue weighted by Crippen LogP contribution is -1.96. The van der Waals surface area contributed by atoms with Crippen LogP contribution in [0.1, 0.15) is 42.5 Å². The Morgan fingerprint density at radius 2 is 1.71 bits per heavy atom. The summed E-state index contributed by atoms with van der Waals surface area (Å²) in [4.78, 5) is 0. The van der Waals surface area contributed by atoms with Crippen LogP contribution in [-0.2, 0) is 6.42 Å². The molecule has 0 nitrogen and oxygen atoms in total. The molecule has 2 aromatic carbocycles. The molecule has 0 heterocycles. The van der Waals surface area contributed by atoms with Gasteiger partial charge in [-0.2, -0.15) is 0 Å². The van der Waals surface area contributed by atoms with Crippen molar-refractivity contribution in [3.63, 3.8) is 0 Å². The average Bonchev–Trinajstić information content (AvgIpc) is 2.93. The lowest BCUT2D eigenvalue weighted by molar-refractivity contribution is 0.647. The van der Waals surface area contributed by atoms with E-state index in [1.807, 2.05) is 0 Å². The summed E-state index contributed by atoms with van der Waals surface area (Å²) in [5.41, 5.74) is 10.1. The van der Waals surface area contributed by atoms with E-state index in [-0.39, 0.29) is 0 Å². The van der Waals surface area contributed by atoms with Crippen LogP contribution in [0.25, 0.3) is 17.2 Å². The highest BCUT2D eigenvalue weighted by Gasteiger charge is 2.20. The van der Waals surface area contributed by atoms with Gasteiger partial charge in [0.25, 0.3) is 0 Å². The molecule has 21 heavy (non-hydrogen) atoms. The number of hydrogen-bond donors (Lipinski definition) is 0. The summed E-state index contributed by atoms with van der Waals surface area (Å²) in [6.45, 7) is 9.05. The van der Waals surface area contributed by atoms with Gasteiger partial charge in [-0.1, -0.05) is 61.9 Å². The van der Waals surface area contributed by atoms with Crippen molar-refractivity contribution in [1.29, 1.82) is 0 Å². The molecule has 1 aliphatic rings. The van der Waals surface area contributed by atoms with E-state index in [0.29, 0.717) is 5.92 Å². The second kappa shape index (κ2) is 5.52. The maximum absolute atomic E-state index is 2.45. The van der Waals surface area contributed by atoms with Crippen molar-refractivity contribution in [3.05, 3.63) is 64.2 Å². The van der Waals surface area contributed by atoms with Crippen LogP contribution in [-0.4, -0.2) is 0 Å². The highest BCUT2D eigenvalue weighted by atomic mass is 14.2. The lowest BCUT2D eigenvalue weighted by Gasteiger charge is -2.12. The Kier molecular flexibility index (Phi) is 3.71. The van der Waals surface area contributed by atoms with Crippen LogP contribution >= 0.6 is 0 Å². The van der Waals surface area contributed by atoms with Crippen LogP contribution in [0.3, 0.4) is 0 Å². The molecule has 0 N–H and O–H groups in total. The topological polar surface area (TPSA) is 0 Å². The molecule has 0 amide bonds. The molecule has 0 saturated carbocycles. The monoisotopic (exact) mass is 276 g/mol. The molecule has 0 aromatic heterocycles. The fourth-order valence-corrected chi connectivity index (χ4v) is 3.25. The lowest BCUT2D eigenvalue weighted by atomic mass is 9.92. The Labute approximate surface area is 128 Å². The van der Waals surface area contributed by atoms with Crippen molar-refractivity contribution in [1.82, 2.24) is 0 Å². The van der Waals surface area contributed by atoms with Crippen LogP contribution in [0.15, 0.2) is 42.0 Å². The zero-order chi connectivity index (χ0) is 15.0. The van der Waals surface area contributed by atoms with E-state index in [1.54, 1.807) is 5.57 Å². The second-order valence-corrected chi connectivity index (χ2v) is 6.33. The van der Waals surface area contributed by atoms with Crippen molar-refractivity contribution in [2.24, 2.45) is 5.92 Å². The molecule has 0 bridgehead atoms. The number of fused-ring (bicyclic) bond motifs is 1. The van der Waals surface area contributed by atoms with Gasteiger partial charge in [-0.15, -0.1) is 0 Å². The minimum Gasteiger partial charge on any atom is -0.0648 e. The summed E-state index contributed by atoms with van der Waals surface area (Å²) in [6, 6.07) is 13.4. The van der Waals surface area contributed by atoms with Crippen LogP contribution in [0.5, 0.6) is 0 Å². The minimum absolute atomic E-state index is 0.684.